The molecule has 1 aromatic rings. The van der Waals surface area contributed by atoms with Crippen molar-refractivity contribution in [1.29, 1.82) is 0 Å². The first-order chi connectivity index (χ1) is 9.51. The summed E-state index contributed by atoms with van der Waals surface area (Å²) in [5.41, 5.74) is -3.23. The molecule has 0 fully saturated rings. The molecule has 1 atom stereocenters. The van der Waals surface area contributed by atoms with Gasteiger partial charge >= 0.3 is 6.18 Å². The van der Waals surface area contributed by atoms with E-state index in [2.05, 4.69) is 5.16 Å². The SMILES string of the molecule is Cn1[nH]c(C(F)(F)F)c(CS(=O)C2=NOC(C)(C)C2)c1=O. The summed E-state index contributed by atoms with van der Waals surface area (Å²) >= 11 is 0. The molecular formula is C11H14F3N3O3S. The van der Waals surface area contributed by atoms with Gasteiger partial charge in [-0.15, -0.1) is 0 Å². The molecule has 2 heterocycles. The van der Waals surface area contributed by atoms with E-state index in [1.54, 1.807) is 13.8 Å². The van der Waals surface area contributed by atoms with E-state index in [-0.39, 0.29) is 11.5 Å². The molecule has 1 unspecified atom stereocenters. The Hall–Kier alpha value is -1.58. The third kappa shape index (κ3) is 3.20. The van der Waals surface area contributed by atoms with Crippen LogP contribution in [0.5, 0.6) is 0 Å². The fraction of sp³-hybridized carbons (Fsp3) is 0.636. The van der Waals surface area contributed by atoms with Crippen molar-refractivity contribution < 1.29 is 22.2 Å². The summed E-state index contributed by atoms with van der Waals surface area (Å²) in [7, 11) is -0.673. The quantitative estimate of drug-likeness (QED) is 0.895. The number of aromatic nitrogens is 2. The number of nitrogens with zero attached hydrogens (tertiary/aromatic N) is 2. The molecule has 10 heteroatoms. The minimum Gasteiger partial charge on any atom is -0.389 e. The van der Waals surface area contributed by atoms with Crippen molar-refractivity contribution in [3.8, 4) is 0 Å². The van der Waals surface area contributed by atoms with Gasteiger partial charge in [-0.2, -0.15) is 13.2 Å². The minimum absolute atomic E-state index is 0.149. The Kier molecular flexibility index (Phi) is 3.77. The predicted molar refractivity (Wildman–Crippen MR) is 70.1 cm³/mol. The smallest absolute Gasteiger partial charge is 0.389 e. The van der Waals surface area contributed by atoms with Gasteiger partial charge in [0, 0.05) is 13.5 Å². The molecule has 118 valence electrons. The number of halogens is 3. The zero-order chi connectivity index (χ0) is 16.0. The Labute approximate surface area is 120 Å². The van der Waals surface area contributed by atoms with E-state index < -0.39 is 45.1 Å². The van der Waals surface area contributed by atoms with Gasteiger partial charge in [0.2, 0.25) is 0 Å². The van der Waals surface area contributed by atoms with Crippen molar-refractivity contribution in [1.82, 2.24) is 9.78 Å². The molecule has 21 heavy (non-hydrogen) atoms. The maximum absolute atomic E-state index is 12.9. The molecular weight excluding hydrogens is 311 g/mol. The Morgan fingerprint density at radius 2 is 2.10 bits per heavy atom. The number of nitrogens with one attached hydrogen (secondary N) is 1. The summed E-state index contributed by atoms with van der Waals surface area (Å²) in [4.78, 5) is 16.8. The Morgan fingerprint density at radius 3 is 2.57 bits per heavy atom. The summed E-state index contributed by atoms with van der Waals surface area (Å²) in [5.74, 6) is -0.552. The minimum atomic E-state index is -4.72. The van der Waals surface area contributed by atoms with E-state index in [9.17, 15) is 22.2 Å². The lowest BCUT2D eigenvalue weighted by atomic mass is 10.1. The number of oxime groups is 1. The third-order valence-corrected chi connectivity index (χ3v) is 4.23. The topological polar surface area (TPSA) is 76.4 Å². The van der Waals surface area contributed by atoms with Crippen LogP contribution in [0.15, 0.2) is 9.95 Å². The van der Waals surface area contributed by atoms with Crippen LogP contribution in [-0.4, -0.2) is 24.6 Å². The van der Waals surface area contributed by atoms with E-state index in [4.69, 9.17) is 4.84 Å². The fourth-order valence-electron chi connectivity index (χ4n) is 1.90. The molecule has 0 amide bonds. The van der Waals surface area contributed by atoms with E-state index >= 15 is 0 Å². The Morgan fingerprint density at radius 1 is 1.48 bits per heavy atom. The second-order valence-electron chi connectivity index (χ2n) is 5.33. The zero-order valence-corrected chi connectivity index (χ0v) is 12.4. The highest BCUT2D eigenvalue weighted by atomic mass is 32.2. The van der Waals surface area contributed by atoms with Crippen molar-refractivity contribution in [2.24, 2.45) is 12.2 Å². The number of aromatic amines is 1. The third-order valence-electron chi connectivity index (χ3n) is 2.94. The van der Waals surface area contributed by atoms with Crippen LogP contribution < -0.4 is 5.56 Å². The van der Waals surface area contributed by atoms with Gasteiger partial charge < -0.3 is 4.84 Å². The van der Waals surface area contributed by atoms with Crippen molar-refractivity contribution in [3.05, 3.63) is 21.6 Å². The second-order valence-corrected chi connectivity index (χ2v) is 6.78. The lowest BCUT2D eigenvalue weighted by Gasteiger charge is -2.13. The van der Waals surface area contributed by atoms with Crippen LogP contribution in [-0.2, 0) is 34.6 Å². The first-order valence-electron chi connectivity index (χ1n) is 6.00. The van der Waals surface area contributed by atoms with Crippen molar-refractivity contribution in [2.45, 2.75) is 37.8 Å². The van der Waals surface area contributed by atoms with Crippen LogP contribution in [0.1, 0.15) is 31.5 Å². The molecule has 0 spiro atoms. The van der Waals surface area contributed by atoms with Crippen LogP contribution in [0.2, 0.25) is 0 Å². The first-order valence-corrected chi connectivity index (χ1v) is 7.31. The summed E-state index contributed by atoms with van der Waals surface area (Å²) < 4.78 is 51.4. The number of aryl methyl sites for hydroxylation is 1. The van der Waals surface area contributed by atoms with Crippen molar-refractivity contribution in [2.75, 3.05) is 0 Å². The van der Waals surface area contributed by atoms with Crippen molar-refractivity contribution >= 4 is 15.8 Å². The van der Waals surface area contributed by atoms with E-state index in [1.807, 2.05) is 5.10 Å². The van der Waals surface area contributed by atoms with Crippen LogP contribution >= 0.6 is 0 Å². The molecule has 1 N–H and O–H groups in total. The number of alkyl halides is 3. The van der Waals surface area contributed by atoms with Crippen LogP contribution in [0.25, 0.3) is 0 Å². The number of rotatable bonds is 2. The molecule has 0 aliphatic carbocycles. The molecule has 6 nitrogen and oxygen atoms in total. The van der Waals surface area contributed by atoms with Gasteiger partial charge in [-0.1, -0.05) is 5.16 Å². The highest BCUT2D eigenvalue weighted by Crippen LogP contribution is 2.30. The number of H-pyrrole nitrogens is 1. The van der Waals surface area contributed by atoms with Gasteiger partial charge in [-0.05, 0) is 13.8 Å². The van der Waals surface area contributed by atoms with Gasteiger partial charge in [0.25, 0.3) is 5.56 Å². The largest absolute Gasteiger partial charge is 0.433 e. The molecule has 0 bridgehead atoms. The molecule has 0 radical (unpaired) electrons. The predicted octanol–water partition coefficient (Wildman–Crippen LogP) is 1.49. The molecule has 0 saturated heterocycles. The maximum atomic E-state index is 12.9. The lowest BCUT2D eigenvalue weighted by molar-refractivity contribution is -0.141. The monoisotopic (exact) mass is 325 g/mol. The molecule has 1 aromatic heterocycles. The molecule has 1 aliphatic rings. The van der Waals surface area contributed by atoms with Gasteiger partial charge in [0.15, 0.2) is 0 Å². The highest BCUT2D eigenvalue weighted by Gasteiger charge is 2.39. The van der Waals surface area contributed by atoms with Gasteiger partial charge in [-0.3, -0.25) is 18.8 Å². The standard InChI is InChI=1S/C11H14F3N3O3S/c1-10(2)4-7(16-20-10)21(19)5-6-8(11(12,13)14)15-17(3)9(6)18/h15H,4-5H2,1-3H3. The van der Waals surface area contributed by atoms with Gasteiger partial charge in [-0.25, -0.2) is 0 Å². The molecule has 0 saturated carbocycles. The Balaban J connectivity index is 2.29. The first kappa shape index (κ1) is 15.8. The normalized spacial score (nSPS) is 19.2. The van der Waals surface area contributed by atoms with Gasteiger partial charge in [0.05, 0.1) is 22.1 Å². The number of hydrogen-bond donors (Lipinski definition) is 1. The average molecular weight is 325 g/mol. The number of hydrogen-bond acceptors (Lipinski definition) is 4. The van der Waals surface area contributed by atoms with Crippen LogP contribution in [0.3, 0.4) is 0 Å². The Bertz CT molecular complexity index is 672. The zero-order valence-electron chi connectivity index (χ0n) is 11.6. The van der Waals surface area contributed by atoms with E-state index in [0.717, 1.165) is 0 Å². The van der Waals surface area contributed by atoms with Gasteiger partial charge in [0.1, 0.15) is 16.3 Å². The summed E-state index contributed by atoms with van der Waals surface area (Å²) in [5, 5.41) is 5.72. The summed E-state index contributed by atoms with van der Waals surface area (Å²) in [6.07, 6.45) is -4.47. The summed E-state index contributed by atoms with van der Waals surface area (Å²) in [6, 6.07) is 0. The van der Waals surface area contributed by atoms with Crippen molar-refractivity contribution in [3.63, 3.8) is 0 Å². The molecule has 1 aliphatic heterocycles. The highest BCUT2D eigenvalue weighted by molar-refractivity contribution is 7.99. The maximum Gasteiger partial charge on any atom is 0.433 e. The lowest BCUT2D eigenvalue weighted by Crippen LogP contribution is -2.23. The molecule has 0 aromatic carbocycles. The van der Waals surface area contributed by atoms with Crippen LogP contribution in [0, 0.1) is 0 Å². The molecule has 2 rings (SSSR count). The average Bonchev–Trinajstić information content (AvgIpc) is 2.83. The van der Waals surface area contributed by atoms with Crippen LogP contribution in [0.4, 0.5) is 13.2 Å². The fourth-order valence-corrected chi connectivity index (χ4v) is 3.23. The van der Waals surface area contributed by atoms with E-state index in [1.165, 1.54) is 7.05 Å². The second kappa shape index (κ2) is 5.00. The summed E-state index contributed by atoms with van der Waals surface area (Å²) in [6.45, 7) is 3.44. The van der Waals surface area contributed by atoms with E-state index in [0.29, 0.717) is 4.68 Å².